The minimum atomic E-state index is -0.811. The van der Waals surface area contributed by atoms with Crippen molar-refractivity contribution in [2.24, 2.45) is 5.92 Å². The fourth-order valence-corrected chi connectivity index (χ4v) is 5.21. The van der Waals surface area contributed by atoms with E-state index in [1.807, 2.05) is 6.07 Å². The minimum absolute atomic E-state index is 0.0300. The van der Waals surface area contributed by atoms with Crippen molar-refractivity contribution >= 4 is 29.4 Å². The Kier molecular flexibility index (Phi) is 6.58. The number of nitrogens with zero attached hydrogens (tertiary/aromatic N) is 2. The Morgan fingerprint density at radius 2 is 2.00 bits per heavy atom. The molecule has 3 atom stereocenters. The molecule has 0 saturated carbocycles. The highest BCUT2D eigenvalue weighted by atomic mass is 35.5. The van der Waals surface area contributed by atoms with Crippen LogP contribution in [-0.2, 0) is 16.1 Å². The predicted molar refractivity (Wildman–Crippen MR) is 114 cm³/mol. The highest BCUT2D eigenvalue weighted by Crippen LogP contribution is 2.30. The van der Waals surface area contributed by atoms with E-state index >= 15 is 0 Å². The van der Waals surface area contributed by atoms with Crippen molar-refractivity contribution in [3.8, 4) is 0 Å². The van der Waals surface area contributed by atoms with E-state index in [2.05, 4.69) is 15.5 Å². The van der Waals surface area contributed by atoms with Gasteiger partial charge in [-0.15, -0.1) is 0 Å². The molecule has 1 aromatic rings. The molecule has 0 bridgehead atoms. The summed E-state index contributed by atoms with van der Waals surface area (Å²) in [6.07, 6.45) is 6.01. The van der Waals surface area contributed by atoms with Gasteiger partial charge in [0.2, 0.25) is 5.91 Å². The Morgan fingerprint density at radius 3 is 2.83 bits per heavy atom. The van der Waals surface area contributed by atoms with Gasteiger partial charge in [-0.25, -0.2) is 4.79 Å². The van der Waals surface area contributed by atoms with Crippen molar-refractivity contribution in [1.29, 1.82) is 0 Å². The molecule has 0 aliphatic carbocycles. The number of nitrogens with one attached hydrogen (secondary N) is 2. The van der Waals surface area contributed by atoms with Gasteiger partial charge in [-0.2, -0.15) is 0 Å². The van der Waals surface area contributed by atoms with E-state index in [0.29, 0.717) is 23.5 Å². The number of rotatable bonds is 6. The zero-order valence-corrected chi connectivity index (χ0v) is 17.9. The lowest BCUT2D eigenvalue weighted by molar-refractivity contribution is -0.131. The maximum absolute atomic E-state index is 12.7. The molecule has 162 valence electrons. The molecular weight excluding hydrogens is 404 g/mol. The van der Waals surface area contributed by atoms with E-state index in [1.54, 1.807) is 18.2 Å². The van der Waals surface area contributed by atoms with E-state index in [9.17, 15) is 14.4 Å². The van der Waals surface area contributed by atoms with Crippen LogP contribution in [0.2, 0.25) is 5.02 Å². The number of hydrogen-bond donors (Lipinski definition) is 2. The summed E-state index contributed by atoms with van der Waals surface area (Å²) in [6, 6.07) is 6.33. The van der Waals surface area contributed by atoms with Crippen LogP contribution in [0.4, 0.5) is 4.79 Å². The molecule has 0 radical (unpaired) electrons. The van der Waals surface area contributed by atoms with E-state index in [4.69, 9.17) is 11.6 Å². The topological polar surface area (TPSA) is 81.8 Å². The average molecular weight is 433 g/mol. The third-order valence-electron chi connectivity index (χ3n) is 6.52. The van der Waals surface area contributed by atoms with Gasteiger partial charge >= 0.3 is 6.03 Å². The van der Waals surface area contributed by atoms with Crippen molar-refractivity contribution in [1.82, 2.24) is 20.4 Å². The smallest absolute Gasteiger partial charge is 0.325 e. The molecule has 30 heavy (non-hydrogen) atoms. The van der Waals surface area contributed by atoms with Gasteiger partial charge in [0.15, 0.2) is 0 Å². The molecule has 3 aliphatic heterocycles. The lowest BCUT2D eigenvalue weighted by Gasteiger charge is -2.44. The van der Waals surface area contributed by atoms with Gasteiger partial charge in [-0.1, -0.05) is 30.2 Å². The number of hydrogen-bond acceptors (Lipinski definition) is 4. The molecule has 4 amide bonds. The standard InChI is InChI=1S/C22H29ClN4O3/c23-17-7-3-5-15(11-17)14-27-21(29)18(25-22(27)30)12-20(28)24-13-16-6-4-10-26-9-2-1-8-19(16)26/h3,5,7,11,16,18-19H,1-2,4,6,8-10,12-14H2,(H,24,28)(H,25,30)/t16-,18?,19+/m0/s1. The summed E-state index contributed by atoms with van der Waals surface area (Å²) in [5.41, 5.74) is 0.769. The third kappa shape index (κ3) is 4.78. The largest absolute Gasteiger partial charge is 0.356 e. The molecule has 3 heterocycles. The van der Waals surface area contributed by atoms with Gasteiger partial charge in [0.25, 0.3) is 5.91 Å². The molecule has 3 fully saturated rings. The van der Waals surface area contributed by atoms with Gasteiger partial charge in [-0.05, 0) is 62.4 Å². The van der Waals surface area contributed by atoms with Crippen molar-refractivity contribution in [3.05, 3.63) is 34.9 Å². The molecule has 7 nitrogen and oxygen atoms in total. The van der Waals surface area contributed by atoms with E-state index in [0.717, 1.165) is 16.9 Å². The van der Waals surface area contributed by atoms with Crippen LogP contribution in [0, 0.1) is 5.92 Å². The number of amides is 4. The summed E-state index contributed by atoms with van der Waals surface area (Å²) in [4.78, 5) is 41.1. The number of carbonyl (C=O) groups excluding carboxylic acids is 3. The summed E-state index contributed by atoms with van der Waals surface area (Å²) in [6.45, 7) is 3.12. The van der Waals surface area contributed by atoms with Crippen molar-refractivity contribution < 1.29 is 14.4 Å². The zero-order valence-electron chi connectivity index (χ0n) is 17.1. The molecule has 1 unspecified atom stereocenters. The average Bonchev–Trinajstić information content (AvgIpc) is 2.99. The fourth-order valence-electron chi connectivity index (χ4n) is 5.00. The second kappa shape index (κ2) is 9.35. The Morgan fingerprint density at radius 1 is 1.17 bits per heavy atom. The number of piperidine rings is 2. The van der Waals surface area contributed by atoms with E-state index < -0.39 is 12.1 Å². The van der Waals surface area contributed by atoms with Crippen LogP contribution in [0.3, 0.4) is 0 Å². The summed E-state index contributed by atoms with van der Waals surface area (Å²) in [5.74, 6) is -0.0892. The number of urea groups is 1. The first kappa shape index (κ1) is 21.1. The van der Waals surface area contributed by atoms with Crippen LogP contribution < -0.4 is 10.6 Å². The molecule has 2 N–H and O–H groups in total. The Labute approximate surface area is 182 Å². The Hall–Kier alpha value is -2.12. The molecule has 3 saturated heterocycles. The molecular formula is C22H29ClN4O3. The third-order valence-corrected chi connectivity index (χ3v) is 6.75. The number of imide groups is 1. The lowest BCUT2D eigenvalue weighted by atomic mass is 9.83. The molecule has 8 heteroatoms. The van der Waals surface area contributed by atoms with Crippen molar-refractivity contribution in [2.45, 2.75) is 57.2 Å². The first-order valence-electron chi connectivity index (χ1n) is 10.9. The van der Waals surface area contributed by atoms with Gasteiger partial charge in [0.05, 0.1) is 13.0 Å². The summed E-state index contributed by atoms with van der Waals surface area (Å²) >= 11 is 5.98. The predicted octanol–water partition coefficient (Wildman–Crippen LogP) is 2.53. The van der Waals surface area contributed by atoms with Crippen molar-refractivity contribution in [2.75, 3.05) is 19.6 Å². The first-order chi connectivity index (χ1) is 14.5. The second-order valence-corrected chi connectivity index (χ2v) is 9.00. The normalized spacial score (nSPS) is 27.0. The molecule has 1 aromatic carbocycles. The molecule has 4 rings (SSSR count). The first-order valence-corrected chi connectivity index (χ1v) is 11.3. The maximum Gasteiger partial charge on any atom is 0.325 e. The van der Waals surface area contributed by atoms with Crippen LogP contribution in [0.25, 0.3) is 0 Å². The van der Waals surface area contributed by atoms with E-state index in [-0.39, 0.29) is 24.8 Å². The van der Waals surface area contributed by atoms with Gasteiger partial charge in [-0.3, -0.25) is 14.5 Å². The van der Waals surface area contributed by atoms with Crippen molar-refractivity contribution in [3.63, 3.8) is 0 Å². The van der Waals surface area contributed by atoms with E-state index in [1.165, 1.54) is 38.8 Å². The lowest BCUT2D eigenvalue weighted by Crippen LogP contribution is -2.51. The number of benzene rings is 1. The SMILES string of the molecule is O=C(CC1NC(=O)N(Cc2cccc(Cl)c2)C1=O)NC[C@@H]1CCCN2CCCC[C@H]12. The minimum Gasteiger partial charge on any atom is -0.356 e. The summed E-state index contributed by atoms with van der Waals surface area (Å²) < 4.78 is 0. The molecule has 3 aliphatic rings. The quantitative estimate of drug-likeness (QED) is 0.677. The molecule has 0 aromatic heterocycles. The van der Waals surface area contributed by atoms with Gasteiger partial charge in [0, 0.05) is 17.6 Å². The van der Waals surface area contributed by atoms with Gasteiger partial charge in [0.1, 0.15) is 6.04 Å². The van der Waals surface area contributed by atoms with Crippen LogP contribution in [0.15, 0.2) is 24.3 Å². The highest BCUT2D eigenvalue weighted by Gasteiger charge is 2.39. The zero-order chi connectivity index (χ0) is 21.1. The number of halogens is 1. The maximum atomic E-state index is 12.7. The highest BCUT2D eigenvalue weighted by molar-refractivity contribution is 6.30. The monoisotopic (exact) mass is 432 g/mol. The summed E-state index contributed by atoms with van der Waals surface area (Å²) in [7, 11) is 0. The summed E-state index contributed by atoms with van der Waals surface area (Å²) in [5, 5.41) is 6.20. The number of carbonyl (C=O) groups is 3. The van der Waals surface area contributed by atoms with Crippen LogP contribution >= 0.6 is 11.6 Å². The second-order valence-electron chi connectivity index (χ2n) is 8.57. The number of fused-ring (bicyclic) bond motifs is 1. The van der Waals surface area contributed by atoms with Gasteiger partial charge < -0.3 is 15.5 Å². The van der Waals surface area contributed by atoms with Crippen LogP contribution in [0.1, 0.15) is 44.1 Å². The molecule has 0 spiro atoms. The van der Waals surface area contributed by atoms with Crippen LogP contribution in [0.5, 0.6) is 0 Å². The Bertz CT molecular complexity index is 815. The fraction of sp³-hybridized carbons (Fsp3) is 0.591. The Balaban J connectivity index is 1.28. The van der Waals surface area contributed by atoms with Crippen LogP contribution in [-0.4, -0.2) is 59.4 Å².